The van der Waals surface area contributed by atoms with Gasteiger partial charge < -0.3 is 9.84 Å². The molecule has 3 nitrogen and oxygen atoms in total. The van der Waals surface area contributed by atoms with Crippen LogP contribution in [0, 0.1) is 5.82 Å². The van der Waals surface area contributed by atoms with Crippen LogP contribution in [0.4, 0.5) is 4.39 Å². The molecule has 1 fully saturated rings. The van der Waals surface area contributed by atoms with Gasteiger partial charge >= 0.3 is 5.97 Å². The highest BCUT2D eigenvalue weighted by molar-refractivity contribution is 5.67. The van der Waals surface area contributed by atoms with Crippen LogP contribution >= 0.6 is 0 Å². The number of esters is 1. The quantitative estimate of drug-likeness (QED) is 0.797. The summed E-state index contributed by atoms with van der Waals surface area (Å²) < 4.78 is 18.4. The Hall–Kier alpha value is -1.42. The summed E-state index contributed by atoms with van der Waals surface area (Å²) in [6.07, 6.45) is 1.51. The smallest absolute Gasteiger partial charge is 0.303 e. The Bertz CT molecular complexity index is 424. The molecule has 0 aromatic heterocycles. The van der Waals surface area contributed by atoms with Gasteiger partial charge in [0, 0.05) is 12.5 Å². The summed E-state index contributed by atoms with van der Waals surface area (Å²) in [4.78, 5) is 10.9. The van der Waals surface area contributed by atoms with Crippen molar-refractivity contribution >= 4 is 5.97 Å². The molecule has 0 unspecified atom stereocenters. The van der Waals surface area contributed by atoms with E-state index in [0.717, 1.165) is 18.4 Å². The molecule has 0 spiro atoms. The van der Waals surface area contributed by atoms with E-state index in [1.54, 1.807) is 12.1 Å². The zero-order valence-corrected chi connectivity index (χ0v) is 9.00. The van der Waals surface area contributed by atoms with Crippen molar-refractivity contribution in [2.24, 2.45) is 0 Å². The van der Waals surface area contributed by atoms with Crippen molar-refractivity contribution in [3.63, 3.8) is 0 Å². The van der Waals surface area contributed by atoms with Crippen molar-refractivity contribution in [1.29, 1.82) is 0 Å². The van der Waals surface area contributed by atoms with Crippen LogP contribution < -0.4 is 0 Å². The zero-order valence-electron chi connectivity index (χ0n) is 9.00. The van der Waals surface area contributed by atoms with E-state index in [4.69, 9.17) is 9.84 Å². The summed E-state index contributed by atoms with van der Waals surface area (Å²) in [6, 6.07) is 4.46. The number of aliphatic hydroxyl groups excluding tert-OH is 1. The van der Waals surface area contributed by atoms with E-state index in [1.165, 1.54) is 13.0 Å². The van der Waals surface area contributed by atoms with Crippen molar-refractivity contribution in [2.45, 2.75) is 32.0 Å². The number of aliphatic hydroxyl groups is 1. The molecule has 1 saturated carbocycles. The Morgan fingerprint density at radius 1 is 1.56 bits per heavy atom. The normalized spacial score (nSPS) is 16.9. The Kier molecular flexibility index (Phi) is 2.68. The summed E-state index contributed by atoms with van der Waals surface area (Å²) in [6.45, 7) is 1.01. The molecule has 0 amide bonds. The predicted octanol–water partition coefficient (Wildman–Crippen LogP) is 1.87. The molecule has 0 bridgehead atoms. The summed E-state index contributed by atoms with van der Waals surface area (Å²) in [5.74, 6) is -0.780. The predicted molar refractivity (Wildman–Crippen MR) is 55.0 cm³/mol. The van der Waals surface area contributed by atoms with E-state index in [9.17, 15) is 9.18 Å². The maximum atomic E-state index is 13.2. The van der Waals surface area contributed by atoms with Gasteiger partial charge in [-0.3, -0.25) is 4.79 Å². The number of ether oxygens (including phenoxy) is 1. The van der Waals surface area contributed by atoms with Gasteiger partial charge in [0.2, 0.25) is 0 Å². The number of carbonyl (C=O) groups is 1. The van der Waals surface area contributed by atoms with Crippen molar-refractivity contribution in [1.82, 2.24) is 0 Å². The molecule has 0 saturated heterocycles. The van der Waals surface area contributed by atoms with Crippen molar-refractivity contribution < 1.29 is 19.0 Å². The van der Waals surface area contributed by atoms with Gasteiger partial charge in [-0.1, -0.05) is 6.07 Å². The zero-order chi connectivity index (χ0) is 11.8. The molecule has 86 valence electrons. The van der Waals surface area contributed by atoms with Crippen molar-refractivity contribution in [3.8, 4) is 0 Å². The first-order chi connectivity index (χ1) is 7.57. The average Bonchev–Trinajstić information content (AvgIpc) is 2.98. The van der Waals surface area contributed by atoms with Crippen LogP contribution in [-0.2, 0) is 21.7 Å². The van der Waals surface area contributed by atoms with Crippen LogP contribution in [0.15, 0.2) is 18.2 Å². The molecule has 1 aromatic carbocycles. The molecule has 0 heterocycles. The molecule has 16 heavy (non-hydrogen) atoms. The maximum Gasteiger partial charge on any atom is 0.303 e. The molecule has 0 aliphatic heterocycles. The summed E-state index contributed by atoms with van der Waals surface area (Å²) in [7, 11) is 0. The van der Waals surface area contributed by atoms with Crippen LogP contribution in [-0.4, -0.2) is 11.1 Å². The average molecular weight is 224 g/mol. The number of rotatable bonds is 3. The van der Waals surface area contributed by atoms with Crippen molar-refractivity contribution in [3.05, 3.63) is 35.1 Å². The van der Waals surface area contributed by atoms with Gasteiger partial charge in [0.05, 0.1) is 6.61 Å². The molecule has 0 atom stereocenters. The highest BCUT2D eigenvalue weighted by atomic mass is 19.1. The van der Waals surface area contributed by atoms with Gasteiger partial charge in [-0.15, -0.1) is 0 Å². The van der Waals surface area contributed by atoms with E-state index in [-0.39, 0.29) is 18.1 Å². The summed E-state index contributed by atoms with van der Waals surface area (Å²) in [5.41, 5.74) is 0.410. The number of halogens is 1. The first-order valence-corrected chi connectivity index (χ1v) is 5.17. The Morgan fingerprint density at radius 3 is 2.75 bits per heavy atom. The van der Waals surface area contributed by atoms with Gasteiger partial charge in [-0.2, -0.15) is 0 Å². The maximum absolute atomic E-state index is 13.2. The van der Waals surface area contributed by atoms with Gasteiger partial charge in [-0.25, -0.2) is 4.39 Å². The van der Waals surface area contributed by atoms with Gasteiger partial charge in [0.25, 0.3) is 0 Å². The number of carbonyl (C=O) groups excluding carboxylic acids is 1. The first-order valence-electron chi connectivity index (χ1n) is 5.17. The molecule has 1 aromatic rings. The summed E-state index contributed by atoms with van der Waals surface area (Å²) in [5, 5.41) is 8.96. The lowest BCUT2D eigenvalue weighted by molar-refractivity contribution is -0.149. The number of hydrogen-bond acceptors (Lipinski definition) is 3. The third-order valence-corrected chi connectivity index (χ3v) is 2.79. The van der Waals surface area contributed by atoms with E-state index in [1.807, 2.05) is 0 Å². The van der Waals surface area contributed by atoms with Crippen LogP contribution in [0.25, 0.3) is 0 Å². The molecule has 1 N–H and O–H groups in total. The monoisotopic (exact) mass is 224 g/mol. The Balaban J connectivity index is 2.30. The van der Waals surface area contributed by atoms with Crippen LogP contribution in [0.1, 0.15) is 30.9 Å². The molecular formula is C12H13FO3. The van der Waals surface area contributed by atoms with E-state index in [2.05, 4.69) is 0 Å². The molecule has 4 heteroatoms. The highest BCUT2D eigenvalue weighted by Crippen LogP contribution is 2.49. The number of hydrogen-bond donors (Lipinski definition) is 1. The van der Waals surface area contributed by atoms with Gasteiger partial charge in [0.1, 0.15) is 11.4 Å². The van der Waals surface area contributed by atoms with E-state index >= 15 is 0 Å². The molecule has 2 rings (SSSR count). The second-order valence-electron chi connectivity index (χ2n) is 4.05. The standard InChI is InChI=1S/C12H13FO3/c1-8(15)16-12(4-5-12)10-2-3-11(13)9(6-10)7-14/h2-3,6,14H,4-5,7H2,1H3. The lowest BCUT2D eigenvalue weighted by atomic mass is 10.0. The molecular weight excluding hydrogens is 211 g/mol. The van der Waals surface area contributed by atoms with Crippen LogP contribution in [0.5, 0.6) is 0 Å². The second kappa shape index (κ2) is 3.87. The topological polar surface area (TPSA) is 46.5 Å². The lowest BCUT2D eigenvalue weighted by Gasteiger charge is -2.16. The minimum Gasteiger partial charge on any atom is -0.454 e. The SMILES string of the molecule is CC(=O)OC1(c2ccc(F)c(CO)c2)CC1. The minimum atomic E-state index is -0.580. The van der Waals surface area contributed by atoms with Gasteiger partial charge in [0.15, 0.2) is 0 Å². The fourth-order valence-electron chi connectivity index (χ4n) is 1.82. The Labute approximate surface area is 92.9 Å². The van der Waals surface area contributed by atoms with E-state index < -0.39 is 11.4 Å². The molecule has 1 aliphatic carbocycles. The second-order valence-corrected chi connectivity index (χ2v) is 4.05. The fraction of sp³-hybridized carbons (Fsp3) is 0.417. The van der Waals surface area contributed by atoms with Crippen LogP contribution in [0.2, 0.25) is 0 Å². The third kappa shape index (κ3) is 1.93. The lowest BCUT2D eigenvalue weighted by Crippen LogP contribution is -2.16. The molecule has 0 radical (unpaired) electrons. The highest BCUT2D eigenvalue weighted by Gasteiger charge is 2.48. The third-order valence-electron chi connectivity index (χ3n) is 2.79. The van der Waals surface area contributed by atoms with Crippen LogP contribution in [0.3, 0.4) is 0 Å². The van der Waals surface area contributed by atoms with Crippen molar-refractivity contribution in [2.75, 3.05) is 0 Å². The van der Waals surface area contributed by atoms with Gasteiger partial charge in [-0.05, 0) is 30.5 Å². The largest absolute Gasteiger partial charge is 0.454 e. The molecule has 1 aliphatic rings. The Morgan fingerprint density at radius 2 is 2.25 bits per heavy atom. The first kappa shape index (κ1) is 11.1. The summed E-state index contributed by atoms with van der Waals surface area (Å²) >= 11 is 0. The number of benzene rings is 1. The van der Waals surface area contributed by atoms with E-state index in [0.29, 0.717) is 0 Å². The fourth-order valence-corrected chi connectivity index (χ4v) is 1.82. The minimum absolute atomic E-state index is 0.232.